The van der Waals surface area contributed by atoms with Crippen molar-refractivity contribution in [3.63, 3.8) is 0 Å². The van der Waals surface area contributed by atoms with Gasteiger partial charge in [0.2, 0.25) is 0 Å². The van der Waals surface area contributed by atoms with Crippen molar-refractivity contribution in [2.24, 2.45) is 5.92 Å². The van der Waals surface area contributed by atoms with Gasteiger partial charge < -0.3 is 25.0 Å². The Hall–Kier alpha value is -1.83. The summed E-state index contributed by atoms with van der Waals surface area (Å²) in [6.45, 7) is 2.28. The highest BCUT2D eigenvalue weighted by atomic mass is 16.6. The summed E-state index contributed by atoms with van der Waals surface area (Å²) in [5, 5.41) is 19.1. The lowest BCUT2D eigenvalue weighted by Gasteiger charge is -2.12. The van der Waals surface area contributed by atoms with E-state index in [1.807, 2.05) is 5.32 Å². The summed E-state index contributed by atoms with van der Waals surface area (Å²) in [4.78, 5) is 32.5. The highest BCUT2D eigenvalue weighted by Gasteiger charge is 2.19. The molecule has 18 heavy (non-hydrogen) atoms. The topological polar surface area (TPSA) is 122 Å². The minimum Gasteiger partial charge on any atom is -0.480 e. The number of carbonyl (C=O) groups is 3. The lowest BCUT2D eigenvalue weighted by molar-refractivity contribution is -0.148. The van der Waals surface area contributed by atoms with E-state index in [4.69, 9.17) is 14.9 Å². The maximum Gasteiger partial charge on any atom is 0.408 e. The summed E-state index contributed by atoms with van der Waals surface area (Å²) in [7, 11) is 0. The van der Waals surface area contributed by atoms with Crippen LogP contribution in [0.3, 0.4) is 0 Å². The molecular weight excluding hydrogens is 246 g/mol. The number of aliphatic hydroxyl groups excluding tert-OH is 1. The van der Waals surface area contributed by atoms with Crippen LogP contribution in [0.2, 0.25) is 0 Å². The molecule has 0 aromatic carbocycles. The van der Waals surface area contributed by atoms with Crippen molar-refractivity contribution < 1.29 is 34.1 Å². The van der Waals surface area contributed by atoms with Gasteiger partial charge in [-0.3, -0.25) is 4.79 Å². The normalized spacial score (nSPS) is 11.8. The first-order valence-electron chi connectivity index (χ1n) is 5.32. The number of rotatable bonds is 7. The van der Waals surface area contributed by atoms with E-state index in [0.717, 1.165) is 0 Å². The third-order valence-corrected chi connectivity index (χ3v) is 1.80. The van der Waals surface area contributed by atoms with Crippen molar-refractivity contribution in [2.45, 2.75) is 19.9 Å². The predicted molar refractivity (Wildman–Crippen MR) is 58.8 cm³/mol. The Labute approximate surface area is 104 Å². The van der Waals surface area contributed by atoms with Crippen LogP contribution in [-0.2, 0) is 19.1 Å². The third-order valence-electron chi connectivity index (χ3n) is 1.80. The van der Waals surface area contributed by atoms with Gasteiger partial charge in [-0.15, -0.1) is 0 Å². The van der Waals surface area contributed by atoms with Gasteiger partial charge in [-0.25, -0.2) is 9.59 Å². The molecule has 0 spiro atoms. The molecule has 0 heterocycles. The monoisotopic (exact) mass is 263 g/mol. The number of hydrogen-bond acceptors (Lipinski definition) is 6. The molecule has 0 saturated carbocycles. The molecule has 104 valence electrons. The molecule has 0 aliphatic heterocycles. The van der Waals surface area contributed by atoms with Gasteiger partial charge in [-0.2, -0.15) is 0 Å². The molecule has 0 aromatic rings. The fourth-order valence-electron chi connectivity index (χ4n) is 0.813. The fourth-order valence-corrected chi connectivity index (χ4v) is 0.813. The van der Waals surface area contributed by atoms with Crippen LogP contribution < -0.4 is 5.32 Å². The van der Waals surface area contributed by atoms with E-state index in [2.05, 4.69) is 4.74 Å². The van der Waals surface area contributed by atoms with E-state index >= 15 is 0 Å². The van der Waals surface area contributed by atoms with E-state index in [9.17, 15) is 14.4 Å². The van der Waals surface area contributed by atoms with Crippen molar-refractivity contribution >= 4 is 18.0 Å². The van der Waals surface area contributed by atoms with Gasteiger partial charge in [0, 0.05) is 0 Å². The van der Waals surface area contributed by atoms with Crippen LogP contribution in [0.4, 0.5) is 4.79 Å². The zero-order valence-corrected chi connectivity index (χ0v) is 10.2. The largest absolute Gasteiger partial charge is 0.480 e. The van der Waals surface area contributed by atoms with Crippen molar-refractivity contribution in [1.29, 1.82) is 0 Å². The molecule has 0 aliphatic rings. The zero-order chi connectivity index (χ0) is 14.1. The van der Waals surface area contributed by atoms with Crippen LogP contribution in [0.25, 0.3) is 0 Å². The summed E-state index contributed by atoms with van der Waals surface area (Å²) < 4.78 is 9.28. The van der Waals surface area contributed by atoms with Gasteiger partial charge in [0.15, 0.2) is 6.04 Å². The number of nitrogens with one attached hydrogen (secondary N) is 1. The van der Waals surface area contributed by atoms with Gasteiger partial charge in [-0.05, 0) is 0 Å². The Bertz CT molecular complexity index is 303. The molecule has 0 aromatic heterocycles. The van der Waals surface area contributed by atoms with E-state index in [0.29, 0.717) is 0 Å². The molecule has 1 atom stereocenters. The number of carboxylic acids is 1. The number of aliphatic hydroxyl groups is 1. The molecule has 8 heteroatoms. The second-order valence-electron chi connectivity index (χ2n) is 3.68. The molecule has 0 radical (unpaired) electrons. The molecule has 0 bridgehead atoms. The average molecular weight is 263 g/mol. The standard InChI is InChI=1S/C10H17NO7/c1-6(2)9(15)17-3-4-18-10(16)11-7(5-12)8(13)14/h6-7,12H,3-5H2,1-2H3,(H,11,16)(H,13,14)/t7-/m1/s1. The first kappa shape index (κ1) is 16.2. The number of hydrogen-bond donors (Lipinski definition) is 3. The molecule has 0 fully saturated rings. The smallest absolute Gasteiger partial charge is 0.408 e. The summed E-state index contributed by atoms with van der Waals surface area (Å²) in [5.41, 5.74) is 0. The van der Waals surface area contributed by atoms with Crippen LogP contribution in [0.1, 0.15) is 13.8 Å². The Morgan fingerprint density at radius 2 is 1.72 bits per heavy atom. The first-order valence-corrected chi connectivity index (χ1v) is 5.32. The van der Waals surface area contributed by atoms with Gasteiger partial charge >= 0.3 is 18.0 Å². The molecular formula is C10H17NO7. The van der Waals surface area contributed by atoms with Gasteiger partial charge in [-0.1, -0.05) is 13.8 Å². The molecule has 8 nitrogen and oxygen atoms in total. The summed E-state index contributed by atoms with van der Waals surface area (Å²) in [6.07, 6.45) is -1.00. The number of carboxylic acid groups (broad SMARTS) is 1. The minimum absolute atomic E-state index is 0.110. The number of ether oxygens (including phenoxy) is 2. The Morgan fingerprint density at radius 3 is 2.17 bits per heavy atom. The van der Waals surface area contributed by atoms with E-state index in [1.54, 1.807) is 13.8 Å². The van der Waals surface area contributed by atoms with Crippen LogP contribution in [0.5, 0.6) is 0 Å². The van der Waals surface area contributed by atoms with Crippen molar-refractivity contribution in [2.75, 3.05) is 19.8 Å². The van der Waals surface area contributed by atoms with E-state index < -0.39 is 30.7 Å². The SMILES string of the molecule is CC(C)C(=O)OCCOC(=O)N[C@H](CO)C(=O)O. The van der Waals surface area contributed by atoms with Gasteiger partial charge in [0.1, 0.15) is 13.2 Å². The number of alkyl carbamates (subject to hydrolysis) is 1. The molecule has 0 aliphatic carbocycles. The summed E-state index contributed by atoms with van der Waals surface area (Å²) >= 11 is 0. The summed E-state index contributed by atoms with van der Waals surface area (Å²) in [6, 6.07) is -1.42. The number of carbonyl (C=O) groups excluding carboxylic acids is 2. The number of amides is 1. The fraction of sp³-hybridized carbons (Fsp3) is 0.700. The lowest BCUT2D eigenvalue weighted by atomic mass is 10.2. The Balaban J connectivity index is 3.78. The summed E-state index contributed by atoms with van der Waals surface area (Å²) in [5.74, 6) is -2.07. The quantitative estimate of drug-likeness (QED) is 0.412. The molecule has 0 unspecified atom stereocenters. The maximum absolute atomic E-state index is 11.0. The van der Waals surface area contributed by atoms with Crippen LogP contribution in [0, 0.1) is 5.92 Å². The number of aliphatic carboxylic acids is 1. The second kappa shape index (κ2) is 8.29. The van der Waals surface area contributed by atoms with Crippen molar-refractivity contribution in [3.8, 4) is 0 Å². The first-order chi connectivity index (χ1) is 8.38. The molecule has 0 saturated heterocycles. The van der Waals surface area contributed by atoms with E-state index in [-0.39, 0.29) is 19.1 Å². The van der Waals surface area contributed by atoms with E-state index in [1.165, 1.54) is 0 Å². The zero-order valence-electron chi connectivity index (χ0n) is 10.2. The lowest BCUT2D eigenvalue weighted by Crippen LogP contribution is -2.43. The highest BCUT2D eigenvalue weighted by molar-refractivity contribution is 5.79. The Kier molecular flexibility index (Phi) is 7.45. The van der Waals surface area contributed by atoms with Crippen LogP contribution in [0.15, 0.2) is 0 Å². The highest BCUT2D eigenvalue weighted by Crippen LogP contribution is 1.95. The second-order valence-corrected chi connectivity index (χ2v) is 3.68. The molecule has 3 N–H and O–H groups in total. The predicted octanol–water partition coefficient (Wildman–Crippen LogP) is -0.643. The van der Waals surface area contributed by atoms with Crippen molar-refractivity contribution in [1.82, 2.24) is 5.32 Å². The van der Waals surface area contributed by atoms with Gasteiger partial charge in [0.25, 0.3) is 0 Å². The van der Waals surface area contributed by atoms with Crippen LogP contribution >= 0.6 is 0 Å². The molecule has 0 rings (SSSR count). The molecule has 1 amide bonds. The Morgan fingerprint density at radius 1 is 1.17 bits per heavy atom. The average Bonchev–Trinajstić information content (AvgIpc) is 2.30. The maximum atomic E-state index is 11.0. The third kappa shape index (κ3) is 6.69. The minimum atomic E-state index is -1.42. The van der Waals surface area contributed by atoms with Crippen molar-refractivity contribution in [3.05, 3.63) is 0 Å². The van der Waals surface area contributed by atoms with Crippen LogP contribution in [-0.4, -0.2) is 54.1 Å². The van der Waals surface area contributed by atoms with Gasteiger partial charge in [0.05, 0.1) is 12.5 Å². The number of esters is 1.